The van der Waals surface area contributed by atoms with Gasteiger partial charge in [0.25, 0.3) is 0 Å². The standard InChI is InChI=1S/C14H23N3O3/c1-4-20-14(18)12-11(15)13(17(2)16-12)9-5-7-10(19-3)8-6-9/h9-10H,4-8,15H2,1-3H3/t9-,10+. The van der Waals surface area contributed by atoms with Gasteiger partial charge in [0.15, 0.2) is 5.69 Å². The van der Waals surface area contributed by atoms with Crippen LogP contribution in [0.2, 0.25) is 0 Å². The van der Waals surface area contributed by atoms with Crippen LogP contribution in [0.4, 0.5) is 5.69 Å². The number of carbonyl (C=O) groups is 1. The smallest absolute Gasteiger partial charge is 0.361 e. The van der Waals surface area contributed by atoms with Crippen molar-refractivity contribution in [2.45, 2.75) is 44.6 Å². The summed E-state index contributed by atoms with van der Waals surface area (Å²) in [7, 11) is 3.58. The van der Waals surface area contributed by atoms with Gasteiger partial charge in [-0.05, 0) is 32.6 Å². The van der Waals surface area contributed by atoms with Crippen molar-refractivity contribution in [3.05, 3.63) is 11.4 Å². The number of aryl methyl sites for hydroxylation is 1. The minimum atomic E-state index is -0.447. The normalized spacial score (nSPS) is 22.8. The van der Waals surface area contributed by atoms with Gasteiger partial charge in [-0.25, -0.2) is 4.79 Å². The average molecular weight is 281 g/mol. The second-order valence-electron chi connectivity index (χ2n) is 5.20. The van der Waals surface area contributed by atoms with Gasteiger partial charge in [-0.15, -0.1) is 0 Å². The van der Waals surface area contributed by atoms with Crippen molar-refractivity contribution in [3.63, 3.8) is 0 Å². The lowest BCUT2D eigenvalue weighted by molar-refractivity contribution is 0.0519. The van der Waals surface area contributed by atoms with Crippen molar-refractivity contribution >= 4 is 11.7 Å². The fraction of sp³-hybridized carbons (Fsp3) is 0.714. The molecule has 0 amide bonds. The Morgan fingerprint density at radius 1 is 1.40 bits per heavy atom. The molecular formula is C14H23N3O3. The summed E-state index contributed by atoms with van der Waals surface area (Å²) in [6.07, 6.45) is 4.38. The van der Waals surface area contributed by atoms with E-state index in [1.807, 2.05) is 7.05 Å². The molecule has 0 spiro atoms. The molecule has 0 aromatic carbocycles. The van der Waals surface area contributed by atoms with E-state index in [4.69, 9.17) is 15.2 Å². The number of hydrogen-bond donors (Lipinski definition) is 1. The molecular weight excluding hydrogens is 258 g/mol. The van der Waals surface area contributed by atoms with Crippen molar-refractivity contribution in [2.24, 2.45) is 7.05 Å². The molecule has 2 rings (SSSR count). The van der Waals surface area contributed by atoms with Crippen molar-refractivity contribution in [2.75, 3.05) is 19.5 Å². The minimum absolute atomic E-state index is 0.234. The third-order valence-corrected chi connectivity index (χ3v) is 3.99. The summed E-state index contributed by atoms with van der Waals surface area (Å²) < 4.78 is 12.1. The molecule has 1 aromatic heterocycles. The minimum Gasteiger partial charge on any atom is -0.461 e. The Bertz CT molecular complexity index is 476. The molecule has 6 heteroatoms. The molecule has 20 heavy (non-hydrogen) atoms. The topological polar surface area (TPSA) is 79.4 Å². The molecule has 0 saturated heterocycles. The maximum Gasteiger partial charge on any atom is 0.361 e. The molecule has 1 aromatic rings. The number of nitrogens with zero attached hydrogens (tertiary/aromatic N) is 2. The highest BCUT2D eigenvalue weighted by Crippen LogP contribution is 2.37. The third-order valence-electron chi connectivity index (χ3n) is 3.99. The molecule has 6 nitrogen and oxygen atoms in total. The van der Waals surface area contributed by atoms with Crippen LogP contribution in [0, 0.1) is 0 Å². The van der Waals surface area contributed by atoms with Crippen molar-refractivity contribution < 1.29 is 14.3 Å². The van der Waals surface area contributed by atoms with Crippen LogP contribution in [0.15, 0.2) is 0 Å². The Kier molecular flexibility index (Phi) is 4.65. The number of nitrogens with two attached hydrogens (primary N) is 1. The summed E-state index contributed by atoms with van der Waals surface area (Å²) in [4.78, 5) is 11.8. The van der Waals surface area contributed by atoms with Gasteiger partial charge in [0.1, 0.15) is 0 Å². The number of nitrogen functional groups attached to an aromatic ring is 1. The van der Waals surface area contributed by atoms with Gasteiger partial charge in [-0.1, -0.05) is 0 Å². The van der Waals surface area contributed by atoms with E-state index < -0.39 is 5.97 Å². The number of aromatic nitrogens is 2. The van der Waals surface area contributed by atoms with Crippen LogP contribution >= 0.6 is 0 Å². The number of rotatable bonds is 4. The lowest BCUT2D eigenvalue weighted by atomic mass is 9.84. The first kappa shape index (κ1) is 14.8. The van der Waals surface area contributed by atoms with Crippen molar-refractivity contribution in [1.82, 2.24) is 9.78 Å². The molecule has 0 radical (unpaired) electrons. The van der Waals surface area contributed by atoms with Gasteiger partial charge in [0.2, 0.25) is 0 Å². The number of methoxy groups -OCH3 is 1. The second-order valence-corrected chi connectivity index (χ2v) is 5.20. The van der Waals surface area contributed by atoms with E-state index in [-0.39, 0.29) is 5.69 Å². The maximum atomic E-state index is 11.8. The van der Waals surface area contributed by atoms with Crippen LogP contribution in [0.1, 0.15) is 54.7 Å². The highest BCUT2D eigenvalue weighted by Gasteiger charge is 2.29. The van der Waals surface area contributed by atoms with Gasteiger partial charge < -0.3 is 15.2 Å². The van der Waals surface area contributed by atoms with Crippen LogP contribution in [0.5, 0.6) is 0 Å². The first-order valence-electron chi connectivity index (χ1n) is 7.10. The Morgan fingerprint density at radius 3 is 2.60 bits per heavy atom. The molecule has 1 aliphatic rings. The first-order valence-corrected chi connectivity index (χ1v) is 7.10. The number of ether oxygens (including phenoxy) is 2. The Hall–Kier alpha value is -1.56. The van der Waals surface area contributed by atoms with Gasteiger partial charge in [0.05, 0.1) is 24.1 Å². The van der Waals surface area contributed by atoms with Gasteiger partial charge >= 0.3 is 5.97 Å². The molecule has 0 atom stereocenters. The van der Waals surface area contributed by atoms with E-state index in [9.17, 15) is 4.79 Å². The molecule has 112 valence electrons. The summed E-state index contributed by atoms with van der Waals surface area (Å²) in [5, 5.41) is 4.23. The SMILES string of the molecule is CCOC(=O)c1nn(C)c([C@H]2CC[C@@H](OC)CC2)c1N. The zero-order chi connectivity index (χ0) is 14.7. The molecule has 2 N–H and O–H groups in total. The van der Waals surface area contributed by atoms with E-state index in [0.717, 1.165) is 31.4 Å². The largest absolute Gasteiger partial charge is 0.461 e. The van der Waals surface area contributed by atoms with Crippen LogP contribution in [-0.4, -0.2) is 35.6 Å². The fourth-order valence-electron chi connectivity index (χ4n) is 2.96. The number of carbonyl (C=O) groups excluding carboxylic acids is 1. The summed E-state index contributed by atoms with van der Waals surface area (Å²) in [6.45, 7) is 2.09. The summed E-state index contributed by atoms with van der Waals surface area (Å²) in [5.41, 5.74) is 7.76. The van der Waals surface area contributed by atoms with Crippen LogP contribution in [0.25, 0.3) is 0 Å². The zero-order valence-corrected chi connectivity index (χ0v) is 12.4. The van der Waals surface area contributed by atoms with Crippen molar-refractivity contribution in [3.8, 4) is 0 Å². The van der Waals surface area contributed by atoms with E-state index in [2.05, 4.69) is 5.10 Å². The summed E-state index contributed by atoms with van der Waals surface area (Å²) in [5.74, 6) is -0.112. The van der Waals surface area contributed by atoms with E-state index >= 15 is 0 Å². The molecule has 0 aliphatic heterocycles. The Balaban J connectivity index is 2.18. The zero-order valence-electron chi connectivity index (χ0n) is 12.4. The first-order chi connectivity index (χ1) is 9.58. The molecule has 1 heterocycles. The number of anilines is 1. The van der Waals surface area contributed by atoms with Gasteiger partial charge in [-0.3, -0.25) is 4.68 Å². The Labute approximate surface area is 119 Å². The summed E-state index contributed by atoms with van der Waals surface area (Å²) in [6, 6.07) is 0. The molecule has 0 unspecified atom stereocenters. The maximum absolute atomic E-state index is 11.8. The molecule has 0 bridgehead atoms. The number of esters is 1. The molecule has 1 aliphatic carbocycles. The van der Waals surface area contributed by atoms with E-state index in [1.165, 1.54) is 0 Å². The molecule has 1 saturated carbocycles. The number of hydrogen-bond acceptors (Lipinski definition) is 5. The average Bonchev–Trinajstić information content (AvgIpc) is 2.75. The van der Waals surface area contributed by atoms with Gasteiger partial charge in [0, 0.05) is 20.1 Å². The van der Waals surface area contributed by atoms with Crippen LogP contribution in [-0.2, 0) is 16.5 Å². The predicted molar refractivity (Wildman–Crippen MR) is 75.6 cm³/mol. The highest BCUT2D eigenvalue weighted by molar-refractivity contribution is 5.93. The fourth-order valence-corrected chi connectivity index (χ4v) is 2.96. The van der Waals surface area contributed by atoms with Gasteiger partial charge in [-0.2, -0.15) is 5.10 Å². The monoisotopic (exact) mass is 281 g/mol. The second kappa shape index (κ2) is 6.26. The predicted octanol–water partition coefficient (Wildman–Crippen LogP) is 1.85. The summed E-state index contributed by atoms with van der Waals surface area (Å²) >= 11 is 0. The third kappa shape index (κ3) is 2.80. The quantitative estimate of drug-likeness (QED) is 0.852. The van der Waals surface area contributed by atoms with Crippen LogP contribution < -0.4 is 5.73 Å². The van der Waals surface area contributed by atoms with Crippen LogP contribution in [0.3, 0.4) is 0 Å². The highest BCUT2D eigenvalue weighted by atomic mass is 16.5. The van der Waals surface area contributed by atoms with Crippen molar-refractivity contribution in [1.29, 1.82) is 0 Å². The Morgan fingerprint density at radius 2 is 2.05 bits per heavy atom. The van der Waals surface area contributed by atoms with E-state index in [0.29, 0.717) is 24.3 Å². The lowest BCUT2D eigenvalue weighted by Crippen LogP contribution is -2.21. The lowest BCUT2D eigenvalue weighted by Gasteiger charge is -2.27. The van der Waals surface area contributed by atoms with E-state index in [1.54, 1.807) is 18.7 Å². The molecule has 1 fully saturated rings.